The number of aliphatic hydroxyl groups is 10. The van der Waals surface area contributed by atoms with Gasteiger partial charge in [0.05, 0.1) is 43.2 Å². The number of aliphatic hydroxyl groups excluding tert-OH is 9. The van der Waals surface area contributed by atoms with Crippen molar-refractivity contribution in [3.05, 3.63) is 11.6 Å². The minimum atomic E-state index is -1.75. The maximum Gasteiger partial charge on any atom is 0.197 e. The van der Waals surface area contributed by atoms with E-state index in [4.69, 9.17) is 37.9 Å². The van der Waals surface area contributed by atoms with E-state index >= 15 is 0 Å². The van der Waals surface area contributed by atoms with E-state index in [1.165, 1.54) is 19.4 Å². The molecule has 18 heteroatoms. The molecule has 0 aromatic carbocycles. The van der Waals surface area contributed by atoms with Crippen LogP contribution in [0.2, 0.25) is 0 Å². The lowest BCUT2D eigenvalue weighted by Gasteiger charge is -2.59. The first-order valence-electron chi connectivity index (χ1n) is 23.4. The van der Waals surface area contributed by atoms with E-state index in [1.54, 1.807) is 6.92 Å². The van der Waals surface area contributed by atoms with Crippen molar-refractivity contribution < 1.29 is 89.0 Å². The lowest BCUT2D eigenvalue weighted by molar-refractivity contribution is -0.387. The van der Waals surface area contributed by atoms with Crippen LogP contribution >= 0.6 is 0 Å². The number of fused-ring (bicyclic) bond motifs is 7. The fraction of sp³-hybridized carbons (Fsp3) is 0.956. The Balaban J connectivity index is 0.872. The maximum atomic E-state index is 11.8. The molecular weight excluding hydrogens is 828 g/mol. The van der Waals surface area contributed by atoms with Gasteiger partial charge in [-0.2, -0.15) is 0 Å². The average Bonchev–Trinajstić information content (AvgIpc) is 3.70. The standard InChI is InChI=1S/C45H72O18/c1-18-29-26(63-45(18)28(47)15-42(4,55)17-56-45)14-25-23-8-7-21-13-22(9-11-43(21,5)24(23)10-12-44(25,29)6)59-40-36(54)37(32(50)27(16-46)60-40)61-41-38(34(52)31(49)20(3)58-41)62-39-35(53)33(51)30(48)19(2)57-39/h7,18-20,22-41,46-55H,8-17H2,1-6H3/t18-,19-,20-,22-,23+,24-,25-,26-,27+,28-,29-,30-,31-,32+,33+,34+,35+,36+,37-,38+,39-,40+,41-,42-,43-,44-,45-/m0/s1. The molecule has 0 amide bonds. The van der Waals surface area contributed by atoms with Crippen LogP contribution in [0.3, 0.4) is 0 Å². The molecule has 0 aromatic heterocycles. The molecule has 10 N–H and O–H groups in total. The maximum absolute atomic E-state index is 11.8. The molecule has 0 bridgehead atoms. The summed E-state index contributed by atoms with van der Waals surface area (Å²) in [4.78, 5) is 0. The van der Waals surface area contributed by atoms with Crippen molar-refractivity contribution in [2.45, 2.75) is 215 Å². The quantitative estimate of drug-likeness (QED) is 0.142. The molecule has 9 aliphatic rings. The molecule has 3 saturated carbocycles. The number of ether oxygens (including phenoxy) is 8. The second kappa shape index (κ2) is 16.9. The van der Waals surface area contributed by atoms with Gasteiger partial charge in [-0.15, -0.1) is 0 Å². The number of allylic oxidation sites excluding steroid dienone is 1. The molecule has 0 unspecified atom stereocenters. The van der Waals surface area contributed by atoms with E-state index in [-0.39, 0.29) is 47.9 Å². The first-order chi connectivity index (χ1) is 29.6. The summed E-state index contributed by atoms with van der Waals surface area (Å²) >= 11 is 0. The lowest BCUT2D eigenvalue weighted by atomic mass is 9.47. The highest BCUT2D eigenvalue weighted by atomic mass is 16.8. The molecule has 5 saturated heterocycles. The summed E-state index contributed by atoms with van der Waals surface area (Å²) in [6, 6.07) is 0. The number of hydrogen-bond acceptors (Lipinski definition) is 18. The highest BCUT2D eigenvalue weighted by molar-refractivity contribution is 5.27. The molecule has 0 aromatic rings. The minimum absolute atomic E-state index is 0.0149. The van der Waals surface area contributed by atoms with Crippen LogP contribution in [0.4, 0.5) is 0 Å². The summed E-state index contributed by atoms with van der Waals surface area (Å²) in [7, 11) is 0. The molecule has 9 rings (SSSR count). The Morgan fingerprint density at radius 1 is 0.714 bits per heavy atom. The van der Waals surface area contributed by atoms with Gasteiger partial charge in [0.2, 0.25) is 0 Å². The van der Waals surface area contributed by atoms with Crippen LogP contribution in [0, 0.1) is 40.4 Å². The fourth-order valence-corrected chi connectivity index (χ4v) is 14.1. The Bertz CT molecular complexity index is 1690. The van der Waals surface area contributed by atoms with Gasteiger partial charge in [-0.05, 0) is 100 Å². The zero-order valence-corrected chi connectivity index (χ0v) is 37.2. The molecule has 18 nitrogen and oxygen atoms in total. The molecule has 0 radical (unpaired) electrons. The topological polar surface area (TPSA) is 276 Å². The summed E-state index contributed by atoms with van der Waals surface area (Å²) in [6.07, 6.45) is -14.7. The van der Waals surface area contributed by atoms with Crippen molar-refractivity contribution in [3.8, 4) is 0 Å². The zero-order valence-electron chi connectivity index (χ0n) is 37.2. The molecule has 4 aliphatic carbocycles. The van der Waals surface area contributed by atoms with Crippen LogP contribution in [0.15, 0.2) is 11.6 Å². The summed E-state index contributed by atoms with van der Waals surface area (Å²) in [5.74, 6) is 0.460. The lowest BCUT2D eigenvalue weighted by Crippen LogP contribution is -2.66. The van der Waals surface area contributed by atoms with E-state index in [9.17, 15) is 51.1 Å². The van der Waals surface area contributed by atoms with E-state index in [2.05, 4.69) is 26.8 Å². The Morgan fingerprint density at radius 2 is 1.38 bits per heavy atom. The monoisotopic (exact) mass is 900 g/mol. The zero-order chi connectivity index (χ0) is 45.3. The SMILES string of the molecule is C[C@@H]1O[C@@H](O[C@H]2[C@H](O[C@@H]3[C@@H](O)[C@H](O[C@H]4CC[C@@]5(C)C(=CC[C@H]6[C@@H]7C[C@@H]8O[C@@]9(OC[C@@](C)(O)C[C@@H]9O)[C@@H](C)[C@@H]8[C@@]7(C)CC[C@@H]65)C4)O[C@H](CO)[C@H]3O)O[C@@H](C)[C@H](O)[C@H]2O)[C@H](O)[C@H](O)[C@H]1O. The highest BCUT2D eigenvalue weighted by Crippen LogP contribution is 2.71. The van der Waals surface area contributed by atoms with E-state index in [1.807, 2.05) is 0 Å². The van der Waals surface area contributed by atoms with Crippen LogP contribution in [-0.2, 0) is 37.9 Å². The van der Waals surface area contributed by atoms with Gasteiger partial charge in [0.15, 0.2) is 24.7 Å². The summed E-state index contributed by atoms with van der Waals surface area (Å²) < 4.78 is 49.0. The van der Waals surface area contributed by atoms with Crippen LogP contribution in [0.1, 0.15) is 92.9 Å². The van der Waals surface area contributed by atoms with Gasteiger partial charge in [0.25, 0.3) is 0 Å². The van der Waals surface area contributed by atoms with Gasteiger partial charge in [0, 0.05) is 12.3 Å². The average molecular weight is 901 g/mol. The molecule has 360 valence electrons. The first-order valence-corrected chi connectivity index (χ1v) is 23.4. The van der Waals surface area contributed by atoms with Gasteiger partial charge in [0.1, 0.15) is 67.1 Å². The van der Waals surface area contributed by atoms with Gasteiger partial charge in [-0.3, -0.25) is 0 Å². The van der Waals surface area contributed by atoms with Gasteiger partial charge < -0.3 is 89.0 Å². The van der Waals surface area contributed by atoms with E-state index < -0.39 is 116 Å². The third-order valence-corrected chi connectivity index (χ3v) is 17.7. The second-order valence-electron chi connectivity index (χ2n) is 21.5. The molecular formula is C45H72O18. The van der Waals surface area contributed by atoms with Crippen molar-refractivity contribution in [2.75, 3.05) is 13.2 Å². The molecule has 1 spiro atoms. The van der Waals surface area contributed by atoms with Crippen LogP contribution in [0.5, 0.6) is 0 Å². The summed E-state index contributed by atoms with van der Waals surface area (Å²) in [5.41, 5.74) is 0.163. The normalized spacial score (nSPS) is 59.3. The molecule has 5 heterocycles. The Morgan fingerprint density at radius 3 is 2.08 bits per heavy atom. The minimum Gasteiger partial charge on any atom is -0.394 e. The van der Waals surface area contributed by atoms with Gasteiger partial charge in [-0.25, -0.2) is 0 Å². The van der Waals surface area contributed by atoms with Crippen molar-refractivity contribution >= 4 is 0 Å². The van der Waals surface area contributed by atoms with Crippen molar-refractivity contribution in [3.63, 3.8) is 0 Å². The molecule has 8 fully saturated rings. The van der Waals surface area contributed by atoms with Crippen molar-refractivity contribution in [1.29, 1.82) is 0 Å². The number of rotatable bonds is 7. The third kappa shape index (κ3) is 7.62. The molecule has 63 heavy (non-hydrogen) atoms. The Kier molecular flexibility index (Phi) is 12.6. The number of hydrogen-bond donors (Lipinski definition) is 10. The van der Waals surface area contributed by atoms with E-state index in [0.717, 1.165) is 32.1 Å². The van der Waals surface area contributed by atoms with Gasteiger partial charge in [-0.1, -0.05) is 32.4 Å². The van der Waals surface area contributed by atoms with Crippen LogP contribution < -0.4 is 0 Å². The Labute approximate surface area is 368 Å². The van der Waals surface area contributed by atoms with Crippen molar-refractivity contribution in [1.82, 2.24) is 0 Å². The Hall–Kier alpha value is -0.980. The van der Waals surface area contributed by atoms with Gasteiger partial charge >= 0.3 is 0 Å². The third-order valence-electron chi connectivity index (χ3n) is 17.7. The summed E-state index contributed by atoms with van der Waals surface area (Å²) in [5, 5.41) is 108. The predicted molar refractivity (Wildman–Crippen MR) is 216 cm³/mol. The first kappa shape index (κ1) is 47.1. The predicted octanol–water partition coefficient (Wildman–Crippen LogP) is -0.673. The largest absolute Gasteiger partial charge is 0.394 e. The summed E-state index contributed by atoms with van der Waals surface area (Å²) in [6.45, 7) is 11.1. The van der Waals surface area contributed by atoms with E-state index in [0.29, 0.717) is 30.6 Å². The highest BCUT2D eigenvalue weighted by Gasteiger charge is 2.71. The molecule has 27 atom stereocenters. The molecule has 5 aliphatic heterocycles. The second-order valence-corrected chi connectivity index (χ2v) is 21.5. The van der Waals surface area contributed by atoms with Crippen LogP contribution in [-0.4, -0.2) is 186 Å². The fourth-order valence-electron chi connectivity index (χ4n) is 14.1. The smallest absolute Gasteiger partial charge is 0.197 e. The van der Waals surface area contributed by atoms with Crippen molar-refractivity contribution in [2.24, 2.45) is 40.4 Å². The van der Waals surface area contributed by atoms with Crippen LogP contribution in [0.25, 0.3) is 0 Å².